The highest BCUT2D eigenvalue weighted by Gasteiger charge is 2.17. The summed E-state index contributed by atoms with van der Waals surface area (Å²) in [6.45, 7) is 2.35. The monoisotopic (exact) mass is 320 g/mol. The lowest BCUT2D eigenvalue weighted by Gasteiger charge is -2.20. The Hall–Kier alpha value is -1.17. The minimum absolute atomic E-state index is 0. The van der Waals surface area contributed by atoms with Gasteiger partial charge in [0.2, 0.25) is 5.91 Å². The molecule has 0 fully saturated rings. The Morgan fingerprint density at radius 3 is 2.80 bits per heavy atom. The molecule has 20 heavy (non-hydrogen) atoms. The molecule has 0 atom stereocenters. The van der Waals surface area contributed by atoms with Crippen molar-refractivity contribution in [3.05, 3.63) is 22.7 Å². The Kier molecular flexibility index (Phi) is 6.91. The van der Waals surface area contributed by atoms with E-state index in [4.69, 9.17) is 21.1 Å². The third-order valence-corrected chi connectivity index (χ3v) is 3.00. The first-order valence-electron chi connectivity index (χ1n) is 6.20. The van der Waals surface area contributed by atoms with Gasteiger partial charge in [-0.1, -0.05) is 11.6 Å². The number of fused-ring (bicyclic) bond motifs is 1. The number of hydrogen-bond donors (Lipinski definition) is 2. The van der Waals surface area contributed by atoms with Crippen LogP contribution in [0.2, 0.25) is 5.02 Å². The first kappa shape index (κ1) is 16.9. The molecule has 7 heteroatoms. The molecule has 0 aliphatic carbocycles. The van der Waals surface area contributed by atoms with E-state index in [2.05, 4.69) is 10.6 Å². The molecule has 112 valence electrons. The summed E-state index contributed by atoms with van der Waals surface area (Å²) >= 11 is 6.11. The van der Waals surface area contributed by atoms with Crippen molar-refractivity contribution in [3.8, 4) is 11.5 Å². The van der Waals surface area contributed by atoms with Crippen LogP contribution in [-0.4, -0.2) is 39.3 Å². The zero-order valence-electron chi connectivity index (χ0n) is 11.2. The van der Waals surface area contributed by atoms with Crippen molar-refractivity contribution in [2.45, 2.75) is 6.42 Å². The summed E-state index contributed by atoms with van der Waals surface area (Å²) in [5, 5.41) is 6.26. The standard InChI is InChI=1S/C13H17ClN2O3.ClH/c1-15-2-3-16-12(17)8-9-6-10(14)13-11(7-9)18-4-5-19-13;/h6-7,15H,2-5,8H2,1H3,(H,16,17);1H. The Bertz CT molecular complexity index is 469. The molecule has 0 saturated heterocycles. The van der Waals surface area contributed by atoms with Crippen molar-refractivity contribution in [3.63, 3.8) is 0 Å². The van der Waals surface area contributed by atoms with E-state index in [1.54, 1.807) is 12.1 Å². The van der Waals surface area contributed by atoms with Crippen molar-refractivity contribution in [2.75, 3.05) is 33.4 Å². The van der Waals surface area contributed by atoms with E-state index in [1.165, 1.54) is 0 Å². The van der Waals surface area contributed by atoms with Crippen LogP contribution in [-0.2, 0) is 11.2 Å². The van der Waals surface area contributed by atoms with Gasteiger partial charge < -0.3 is 20.1 Å². The van der Waals surface area contributed by atoms with Crippen molar-refractivity contribution in [1.82, 2.24) is 10.6 Å². The fraction of sp³-hybridized carbons (Fsp3) is 0.462. The maximum atomic E-state index is 11.7. The minimum Gasteiger partial charge on any atom is -0.486 e. The summed E-state index contributed by atoms with van der Waals surface area (Å²) in [6, 6.07) is 3.55. The number of amides is 1. The van der Waals surface area contributed by atoms with E-state index in [9.17, 15) is 4.79 Å². The molecule has 1 aromatic carbocycles. The van der Waals surface area contributed by atoms with Crippen LogP contribution in [0.25, 0.3) is 0 Å². The van der Waals surface area contributed by atoms with Gasteiger partial charge in [0.05, 0.1) is 11.4 Å². The van der Waals surface area contributed by atoms with E-state index in [1.807, 2.05) is 7.05 Å². The van der Waals surface area contributed by atoms with Gasteiger partial charge in [-0.3, -0.25) is 4.79 Å². The SMILES string of the molecule is CNCCNC(=O)Cc1cc(Cl)c2c(c1)OCCO2.Cl. The van der Waals surface area contributed by atoms with Crippen LogP contribution in [0.5, 0.6) is 11.5 Å². The van der Waals surface area contributed by atoms with Crippen molar-refractivity contribution in [2.24, 2.45) is 0 Å². The van der Waals surface area contributed by atoms with Gasteiger partial charge in [-0.2, -0.15) is 0 Å². The average molecular weight is 321 g/mol. The van der Waals surface area contributed by atoms with Crippen LogP contribution in [0, 0.1) is 0 Å². The zero-order chi connectivity index (χ0) is 13.7. The van der Waals surface area contributed by atoms with E-state index in [0.717, 1.165) is 12.1 Å². The fourth-order valence-electron chi connectivity index (χ4n) is 1.84. The van der Waals surface area contributed by atoms with Crippen LogP contribution in [0.15, 0.2) is 12.1 Å². The minimum atomic E-state index is -0.0389. The predicted molar refractivity (Wildman–Crippen MR) is 80.3 cm³/mol. The number of carbonyl (C=O) groups is 1. The molecule has 1 amide bonds. The molecule has 0 bridgehead atoms. The second-order valence-corrected chi connectivity index (χ2v) is 4.64. The van der Waals surface area contributed by atoms with Gasteiger partial charge in [0.15, 0.2) is 11.5 Å². The van der Waals surface area contributed by atoms with Crippen LogP contribution in [0.3, 0.4) is 0 Å². The summed E-state index contributed by atoms with van der Waals surface area (Å²) < 4.78 is 10.9. The maximum Gasteiger partial charge on any atom is 0.224 e. The van der Waals surface area contributed by atoms with Gasteiger partial charge in [-0.15, -0.1) is 12.4 Å². The van der Waals surface area contributed by atoms with Gasteiger partial charge in [0.1, 0.15) is 13.2 Å². The Balaban J connectivity index is 0.00000200. The molecule has 5 nitrogen and oxygen atoms in total. The Labute approximate surface area is 129 Å². The molecule has 0 saturated carbocycles. The molecule has 0 radical (unpaired) electrons. The number of halogens is 2. The second kappa shape index (κ2) is 8.19. The van der Waals surface area contributed by atoms with Crippen LogP contribution in [0.4, 0.5) is 0 Å². The number of ether oxygens (including phenoxy) is 2. The highest BCUT2D eigenvalue weighted by Crippen LogP contribution is 2.38. The number of likely N-dealkylation sites (N-methyl/N-ethyl adjacent to an activating group) is 1. The molecule has 1 heterocycles. The third kappa shape index (κ3) is 4.44. The Morgan fingerprint density at radius 2 is 2.05 bits per heavy atom. The van der Waals surface area contributed by atoms with Crippen molar-refractivity contribution in [1.29, 1.82) is 0 Å². The summed E-state index contributed by atoms with van der Waals surface area (Å²) in [5.74, 6) is 1.13. The molecule has 1 aromatic rings. The lowest BCUT2D eigenvalue weighted by molar-refractivity contribution is -0.120. The quantitative estimate of drug-likeness (QED) is 0.805. The van der Waals surface area contributed by atoms with Crippen LogP contribution < -0.4 is 20.1 Å². The largest absolute Gasteiger partial charge is 0.486 e. The number of hydrogen-bond acceptors (Lipinski definition) is 4. The van der Waals surface area contributed by atoms with Gasteiger partial charge in [-0.25, -0.2) is 0 Å². The third-order valence-electron chi connectivity index (χ3n) is 2.72. The summed E-state index contributed by atoms with van der Waals surface area (Å²) in [5.41, 5.74) is 0.816. The summed E-state index contributed by atoms with van der Waals surface area (Å²) in [7, 11) is 1.84. The lowest BCUT2D eigenvalue weighted by Crippen LogP contribution is -2.31. The molecule has 2 N–H and O–H groups in total. The van der Waals surface area contributed by atoms with Crippen LogP contribution in [0.1, 0.15) is 5.56 Å². The molecule has 0 aromatic heterocycles. The van der Waals surface area contributed by atoms with E-state index in [-0.39, 0.29) is 24.7 Å². The molecular weight excluding hydrogens is 303 g/mol. The summed E-state index contributed by atoms with van der Waals surface area (Å²) in [6.07, 6.45) is 0.278. The highest BCUT2D eigenvalue weighted by molar-refractivity contribution is 6.32. The number of carbonyl (C=O) groups excluding carboxylic acids is 1. The second-order valence-electron chi connectivity index (χ2n) is 4.23. The van der Waals surface area contributed by atoms with Gasteiger partial charge in [0, 0.05) is 13.1 Å². The van der Waals surface area contributed by atoms with E-state index >= 15 is 0 Å². The average Bonchev–Trinajstić information content (AvgIpc) is 2.39. The molecule has 2 rings (SSSR count). The van der Waals surface area contributed by atoms with Crippen LogP contribution >= 0.6 is 24.0 Å². The topological polar surface area (TPSA) is 59.6 Å². The number of rotatable bonds is 5. The first-order chi connectivity index (χ1) is 9.20. The maximum absolute atomic E-state index is 11.7. The highest BCUT2D eigenvalue weighted by atomic mass is 35.5. The molecule has 1 aliphatic rings. The Morgan fingerprint density at radius 1 is 1.30 bits per heavy atom. The van der Waals surface area contributed by atoms with Crippen molar-refractivity contribution < 1.29 is 14.3 Å². The number of nitrogens with one attached hydrogen (secondary N) is 2. The zero-order valence-corrected chi connectivity index (χ0v) is 12.8. The van der Waals surface area contributed by atoms with E-state index < -0.39 is 0 Å². The first-order valence-corrected chi connectivity index (χ1v) is 6.58. The summed E-state index contributed by atoms with van der Waals surface area (Å²) in [4.78, 5) is 11.7. The molecular formula is C13H18Cl2N2O3. The van der Waals surface area contributed by atoms with Gasteiger partial charge in [-0.05, 0) is 24.7 Å². The van der Waals surface area contributed by atoms with Gasteiger partial charge in [0.25, 0.3) is 0 Å². The smallest absolute Gasteiger partial charge is 0.224 e. The predicted octanol–water partition coefficient (Wildman–Crippen LogP) is 1.41. The van der Waals surface area contributed by atoms with Gasteiger partial charge >= 0.3 is 0 Å². The fourth-order valence-corrected chi connectivity index (χ4v) is 2.13. The normalized spacial score (nSPS) is 12.5. The molecule has 0 unspecified atom stereocenters. The van der Waals surface area contributed by atoms with Crippen molar-refractivity contribution >= 4 is 29.9 Å². The molecule has 1 aliphatic heterocycles. The lowest BCUT2D eigenvalue weighted by atomic mass is 10.1. The number of benzene rings is 1. The van der Waals surface area contributed by atoms with E-state index in [0.29, 0.717) is 36.3 Å². The molecule has 0 spiro atoms.